The highest BCUT2D eigenvalue weighted by Crippen LogP contribution is 2.23. The number of fused-ring (bicyclic) bond motifs is 1. The Morgan fingerprint density at radius 2 is 1.16 bits per heavy atom. The van der Waals surface area contributed by atoms with E-state index in [0.717, 1.165) is 29.8 Å². The number of aromatic nitrogens is 1. The Hall–Kier alpha value is -9.16. The van der Waals surface area contributed by atoms with Crippen LogP contribution in [0.15, 0.2) is 52.6 Å². The molecule has 0 unspecified atom stereocenters. The average Bonchev–Trinajstić information content (AvgIpc) is 4.11. The molecule has 2 aromatic carbocycles. The normalized spacial score (nSPS) is 14.4. The number of aliphatic imine (C=N–C) groups is 2. The van der Waals surface area contributed by atoms with Crippen molar-refractivity contribution in [3.05, 3.63) is 65.4 Å². The van der Waals surface area contributed by atoms with Gasteiger partial charge in [0.25, 0.3) is 0 Å². The van der Waals surface area contributed by atoms with Gasteiger partial charge in [-0.25, -0.2) is 8.78 Å². The smallest absolute Gasteiger partial charge is 0.245 e. The fourth-order valence-electron chi connectivity index (χ4n) is 8.60. The Morgan fingerprint density at radius 1 is 0.627 bits per heavy atom. The summed E-state index contributed by atoms with van der Waals surface area (Å²) in [6.07, 6.45) is -2.88. The first kappa shape index (κ1) is 68.1. The molecule has 10 amide bonds. The number of aromatic amines is 1. The number of aliphatic hydroxyl groups excluding tert-OH is 1. The minimum atomic E-state index is -1.84. The van der Waals surface area contributed by atoms with Gasteiger partial charge in [-0.05, 0) is 56.6 Å². The number of likely N-dealkylation sites (N-methyl/N-ethyl adjacent to an activating group) is 1. The molecular formula is C52H77F2N17O12. The molecule has 0 aliphatic carbocycles. The minimum absolute atomic E-state index is 0.00684. The van der Waals surface area contributed by atoms with Crippen LogP contribution < -0.4 is 72.0 Å². The number of halogens is 2. The fraction of sp³-hybridized carbons (Fsp3) is 0.500. The molecule has 0 aliphatic rings. The third-order valence-corrected chi connectivity index (χ3v) is 13.1. The van der Waals surface area contributed by atoms with Crippen LogP contribution in [-0.2, 0) is 60.8 Å². The molecule has 0 fully saturated rings. The van der Waals surface area contributed by atoms with E-state index in [-0.39, 0.29) is 63.5 Å². The summed E-state index contributed by atoms with van der Waals surface area (Å²) in [4.78, 5) is 147. The summed E-state index contributed by atoms with van der Waals surface area (Å²) >= 11 is 0. The van der Waals surface area contributed by atoms with Crippen molar-refractivity contribution in [3.63, 3.8) is 0 Å². The van der Waals surface area contributed by atoms with Gasteiger partial charge in [-0.2, -0.15) is 0 Å². The first-order valence-electron chi connectivity index (χ1n) is 26.4. The van der Waals surface area contributed by atoms with E-state index in [0.29, 0.717) is 17.7 Å². The number of primary amides is 3. The highest BCUT2D eigenvalue weighted by atomic mass is 19.1. The number of H-pyrrole nitrogens is 1. The van der Waals surface area contributed by atoms with E-state index in [1.54, 1.807) is 44.3 Å². The van der Waals surface area contributed by atoms with Crippen LogP contribution in [-0.4, -0.2) is 160 Å². The van der Waals surface area contributed by atoms with Crippen LogP contribution in [0, 0.1) is 23.5 Å². The molecule has 0 spiro atoms. The number of aromatic hydroxyl groups is 1. The number of phenolic OH excluding ortho intramolecular Hbond substituents is 1. The number of carbonyl (C=O) groups is 10. The number of amides is 10. The standard InChI is InChI=1S/C52H77F2N17O12/c1-24(2)41(69-46(79)37(68-44(77)25(3)18-40(56)75)19-27-23-64-33-11-7-6-10-29(27)33)48(81)70-42(26(4)72)49(82)65-34(12-8-16-62-51(58)59)45(78)66-35(14-15-39(55)74)50(83)71(5)38(13-9-17-63-52(60)61)47(80)67-36(43(57)76)22-30-31(53)20-28(73)21-32(30)54/h6-7,10-11,20-21,23-26,34-38,41-42,64,72-73H,8-9,12-19,22H2,1-5H3,(H2,55,74)(H2,56,75)(H2,57,76)(H,65,82)(H,66,78)(H,67,80)(H,68,77)(H,69,79)(H,70,81)(H4,58,59,62)(H4,60,61,63)/t25-,26+,34-,35-,36-,37-,38-,41-,42-/m0/s1. The Balaban J connectivity index is 1.96. The lowest BCUT2D eigenvalue weighted by Crippen LogP contribution is -2.62. The fourth-order valence-corrected chi connectivity index (χ4v) is 8.60. The van der Waals surface area contributed by atoms with Gasteiger partial charge < -0.3 is 92.1 Å². The van der Waals surface area contributed by atoms with Crippen molar-refractivity contribution >= 4 is 81.9 Å². The number of rotatable bonds is 34. The average molecular weight is 1170 g/mol. The quantitative estimate of drug-likeness (QED) is 0.0154. The molecule has 31 heteroatoms. The number of para-hydroxylation sites is 1. The number of phenols is 1. The Morgan fingerprint density at radius 3 is 1.71 bits per heavy atom. The molecule has 1 aromatic heterocycles. The second kappa shape index (κ2) is 32.3. The lowest BCUT2D eigenvalue weighted by Gasteiger charge is -2.32. The van der Waals surface area contributed by atoms with Gasteiger partial charge in [0.2, 0.25) is 59.1 Å². The van der Waals surface area contributed by atoms with Gasteiger partial charge in [-0.3, -0.25) is 57.9 Å². The van der Waals surface area contributed by atoms with Gasteiger partial charge in [-0.15, -0.1) is 0 Å². The van der Waals surface area contributed by atoms with E-state index in [2.05, 4.69) is 46.9 Å². The molecule has 0 saturated carbocycles. The zero-order chi connectivity index (χ0) is 62.4. The van der Waals surface area contributed by atoms with Crippen molar-refractivity contribution in [2.75, 3.05) is 20.1 Å². The van der Waals surface area contributed by atoms with Gasteiger partial charge in [0.05, 0.1) is 6.10 Å². The lowest BCUT2D eigenvalue weighted by molar-refractivity contribution is -0.143. The monoisotopic (exact) mass is 1170 g/mol. The summed E-state index contributed by atoms with van der Waals surface area (Å²) < 4.78 is 29.5. The zero-order valence-electron chi connectivity index (χ0n) is 46.7. The maximum atomic E-state index is 14.8. The van der Waals surface area contributed by atoms with Gasteiger partial charge in [0, 0.05) is 86.5 Å². The molecule has 9 atom stereocenters. The van der Waals surface area contributed by atoms with Crippen molar-refractivity contribution in [2.45, 2.75) is 134 Å². The number of nitrogens with zero attached hydrogens (tertiary/aromatic N) is 3. The van der Waals surface area contributed by atoms with Crippen LogP contribution in [0.4, 0.5) is 8.78 Å². The lowest BCUT2D eigenvalue weighted by atomic mass is 9.99. The predicted molar refractivity (Wildman–Crippen MR) is 299 cm³/mol. The molecule has 0 aliphatic heterocycles. The third-order valence-electron chi connectivity index (χ3n) is 13.1. The number of carbonyl (C=O) groups excluding carboxylic acids is 10. The van der Waals surface area contributed by atoms with E-state index >= 15 is 0 Å². The number of hydrogen-bond acceptors (Lipinski definition) is 14. The van der Waals surface area contributed by atoms with Crippen LogP contribution in [0.1, 0.15) is 83.8 Å². The van der Waals surface area contributed by atoms with Crippen molar-refractivity contribution in [1.29, 1.82) is 0 Å². The number of aliphatic hydroxyl groups is 1. The van der Waals surface area contributed by atoms with Gasteiger partial charge in [-0.1, -0.05) is 39.0 Å². The van der Waals surface area contributed by atoms with Crippen LogP contribution in [0.5, 0.6) is 5.75 Å². The minimum Gasteiger partial charge on any atom is -0.508 e. The first-order chi connectivity index (χ1) is 38.9. The van der Waals surface area contributed by atoms with Gasteiger partial charge >= 0.3 is 0 Å². The van der Waals surface area contributed by atoms with E-state index < -0.39 is 162 Å². The Labute approximate surface area is 476 Å². The number of hydrogen-bond donors (Lipinski definition) is 16. The molecule has 3 aromatic rings. The Bertz CT molecular complexity index is 2850. The second-order valence-electron chi connectivity index (χ2n) is 20.2. The predicted octanol–water partition coefficient (Wildman–Crippen LogP) is -3.92. The highest BCUT2D eigenvalue weighted by molar-refractivity contribution is 5.98. The van der Waals surface area contributed by atoms with E-state index in [9.17, 15) is 66.9 Å². The molecule has 1 heterocycles. The summed E-state index contributed by atoms with van der Waals surface area (Å²) in [7, 11) is 1.12. The Kier molecular flexibility index (Phi) is 26.5. The zero-order valence-corrected chi connectivity index (χ0v) is 46.7. The highest BCUT2D eigenvalue weighted by Gasteiger charge is 2.38. The van der Waals surface area contributed by atoms with Crippen molar-refractivity contribution < 1.29 is 66.9 Å². The number of nitrogens with one attached hydrogen (secondary N) is 7. The number of nitrogens with two attached hydrogens (primary N) is 7. The summed E-state index contributed by atoms with van der Waals surface area (Å²) in [6.45, 7) is 5.54. The van der Waals surface area contributed by atoms with Crippen molar-refractivity contribution in [2.24, 2.45) is 62.0 Å². The second-order valence-corrected chi connectivity index (χ2v) is 20.2. The molecule has 23 N–H and O–H groups in total. The largest absolute Gasteiger partial charge is 0.508 e. The molecule has 0 radical (unpaired) electrons. The number of guanidine groups is 2. The molecule has 456 valence electrons. The SMILES string of the molecule is CC(C)[C@H](NC(=O)[C@H](Cc1c[nH]c2ccccc12)NC(=O)[C@@H](C)CC(N)=O)C(=O)N[C@H](C(=O)N[C@@H](CCCN=C(N)N)C(=O)N[C@@H](CCC(N)=O)C(=O)N(C)[C@@H](CCCN=C(N)N)C(=O)N[C@@H](Cc1c(F)cc(O)cc1F)C(N)=O)[C@@H](C)O. The van der Waals surface area contributed by atoms with Crippen molar-refractivity contribution in [1.82, 2.24) is 41.8 Å². The van der Waals surface area contributed by atoms with Gasteiger partial charge in [0.15, 0.2) is 11.9 Å². The number of benzene rings is 2. The molecule has 0 bridgehead atoms. The molecular weight excluding hydrogens is 1090 g/mol. The molecule has 83 heavy (non-hydrogen) atoms. The summed E-state index contributed by atoms with van der Waals surface area (Å²) in [5.74, 6) is -15.4. The van der Waals surface area contributed by atoms with E-state index in [1.807, 2.05) is 0 Å². The maximum Gasteiger partial charge on any atom is 0.245 e. The van der Waals surface area contributed by atoms with Crippen LogP contribution >= 0.6 is 0 Å². The molecule has 3 rings (SSSR count). The third kappa shape index (κ3) is 21.7. The summed E-state index contributed by atoms with van der Waals surface area (Å²) in [6, 6.07) is -3.00. The topological polar surface area (TPSA) is 509 Å². The van der Waals surface area contributed by atoms with E-state index in [1.165, 1.54) is 6.92 Å². The maximum absolute atomic E-state index is 14.8. The summed E-state index contributed by atoms with van der Waals surface area (Å²) in [5, 5.41) is 36.2. The summed E-state index contributed by atoms with van der Waals surface area (Å²) in [5.41, 5.74) is 38.9. The molecule has 29 nitrogen and oxygen atoms in total. The molecule has 0 saturated heterocycles. The van der Waals surface area contributed by atoms with E-state index in [4.69, 9.17) is 40.1 Å². The van der Waals surface area contributed by atoms with Gasteiger partial charge in [0.1, 0.15) is 59.7 Å². The van der Waals surface area contributed by atoms with Crippen LogP contribution in [0.2, 0.25) is 0 Å². The first-order valence-corrected chi connectivity index (χ1v) is 26.4. The van der Waals surface area contributed by atoms with Crippen molar-refractivity contribution in [3.8, 4) is 5.75 Å². The van der Waals surface area contributed by atoms with Crippen LogP contribution in [0.3, 0.4) is 0 Å². The van der Waals surface area contributed by atoms with Crippen LogP contribution in [0.25, 0.3) is 10.9 Å².